The van der Waals surface area contributed by atoms with Gasteiger partial charge in [-0.1, -0.05) is 23.8 Å². The van der Waals surface area contributed by atoms with Crippen molar-refractivity contribution < 1.29 is 4.74 Å². The van der Waals surface area contributed by atoms with Crippen LogP contribution >= 0.6 is 0 Å². The van der Waals surface area contributed by atoms with E-state index in [9.17, 15) is 0 Å². The van der Waals surface area contributed by atoms with Crippen LogP contribution in [0.1, 0.15) is 43.4 Å². The number of ether oxygens (including phenoxy) is 1. The van der Waals surface area contributed by atoms with Crippen LogP contribution in [0, 0.1) is 13.8 Å². The van der Waals surface area contributed by atoms with Crippen LogP contribution in [0.5, 0.6) is 0 Å². The van der Waals surface area contributed by atoms with Gasteiger partial charge in [-0.3, -0.25) is 0 Å². The molecule has 0 heterocycles. The zero-order valence-electron chi connectivity index (χ0n) is 12.3. The maximum atomic E-state index is 5.51. The van der Waals surface area contributed by atoms with Crippen molar-refractivity contribution in [2.75, 3.05) is 13.2 Å². The average Bonchev–Trinajstić information content (AvgIpc) is 2.32. The van der Waals surface area contributed by atoms with Gasteiger partial charge in [0.25, 0.3) is 0 Å². The first kappa shape index (κ1) is 15.2. The third-order valence-electron chi connectivity index (χ3n) is 3.02. The Morgan fingerprint density at radius 3 is 2.67 bits per heavy atom. The van der Waals surface area contributed by atoms with E-state index < -0.39 is 0 Å². The van der Waals surface area contributed by atoms with E-state index in [0.717, 1.165) is 26.1 Å². The SMILES string of the molecule is Cc1ccc(C)c(CNCCCCOC(C)C)c1. The number of hydrogen-bond acceptors (Lipinski definition) is 2. The van der Waals surface area contributed by atoms with E-state index in [4.69, 9.17) is 4.74 Å². The molecule has 0 aliphatic heterocycles. The summed E-state index contributed by atoms with van der Waals surface area (Å²) >= 11 is 0. The third kappa shape index (κ3) is 6.18. The van der Waals surface area contributed by atoms with Gasteiger partial charge < -0.3 is 10.1 Å². The minimum absolute atomic E-state index is 0.355. The van der Waals surface area contributed by atoms with Gasteiger partial charge in [0.1, 0.15) is 0 Å². The molecule has 0 fully saturated rings. The van der Waals surface area contributed by atoms with E-state index in [-0.39, 0.29) is 0 Å². The van der Waals surface area contributed by atoms with Crippen LogP contribution in [0.25, 0.3) is 0 Å². The zero-order valence-corrected chi connectivity index (χ0v) is 12.3. The molecule has 1 rings (SSSR count). The topological polar surface area (TPSA) is 21.3 Å². The molecule has 18 heavy (non-hydrogen) atoms. The van der Waals surface area contributed by atoms with Crippen molar-refractivity contribution >= 4 is 0 Å². The molecule has 1 N–H and O–H groups in total. The highest BCUT2D eigenvalue weighted by atomic mass is 16.5. The van der Waals surface area contributed by atoms with Crippen molar-refractivity contribution in [3.63, 3.8) is 0 Å². The van der Waals surface area contributed by atoms with Gasteiger partial charge in [0.05, 0.1) is 6.10 Å². The summed E-state index contributed by atoms with van der Waals surface area (Å²) in [5.41, 5.74) is 4.12. The number of unbranched alkanes of at least 4 members (excludes halogenated alkanes) is 1. The lowest BCUT2D eigenvalue weighted by Crippen LogP contribution is -2.16. The number of hydrogen-bond donors (Lipinski definition) is 1. The molecule has 0 unspecified atom stereocenters. The van der Waals surface area contributed by atoms with Gasteiger partial charge in [-0.05, 0) is 58.2 Å². The van der Waals surface area contributed by atoms with Gasteiger partial charge in [-0.15, -0.1) is 0 Å². The highest BCUT2D eigenvalue weighted by Gasteiger charge is 1.98. The minimum Gasteiger partial charge on any atom is -0.379 e. The maximum Gasteiger partial charge on any atom is 0.0518 e. The molecule has 0 radical (unpaired) electrons. The van der Waals surface area contributed by atoms with E-state index in [2.05, 4.69) is 51.2 Å². The summed E-state index contributed by atoms with van der Waals surface area (Å²) in [5.74, 6) is 0. The smallest absolute Gasteiger partial charge is 0.0518 e. The van der Waals surface area contributed by atoms with Crippen molar-refractivity contribution in [2.24, 2.45) is 0 Å². The molecule has 0 aliphatic rings. The summed E-state index contributed by atoms with van der Waals surface area (Å²) in [4.78, 5) is 0. The van der Waals surface area contributed by atoms with Crippen LogP contribution in [0.4, 0.5) is 0 Å². The molecule has 0 atom stereocenters. The summed E-state index contributed by atoms with van der Waals surface area (Å²) in [5, 5.41) is 3.50. The van der Waals surface area contributed by atoms with E-state index >= 15 is 0 Å². The van der Waals surface area contributed by atoms with E-state index in [1.54, 1.807) is 0 Å². The summed E-state index contributed by atoms with van der Waals surface area (Å²) in [7, 11) is 0. The van der Waals surface area contributed by atoms with Crippen LogP contribution < -0.4 is 5.32 Å². The lowest BCUT2D eigenvalue weighted by Gasteiger charge is -2.10. The second-order valence-corrected chi connectivity index (χ2v) is 5.23. The molecule has 0 saturated heterocycles. The summed E-state index contributed by atoms with van der Waals surface area (Å²) < 4.78 is 5.51. The predicted octanol–water partition coefficient (Wildman–Crippen LogP) is 3.60. The minimum atomic E-state index is 0.355. The van der Waals surface area contributed by atoms with E-state index in [1.165, 1.54) is 23.1 Å². The lowest BCUT2D eigenvalue weighted by molar-refractivity contribution is 0.0760. The summed E-state index contributed by atoms with van der Waals surface area (Å²) in [6.07, 6.45) is 2.67. The van der Waals surface area contributed by atoms with Crippen molar-refractivity contribution in [1.82, 2.24) is 5.32 Å². The molecular weight excluding hydrogens is 222 g/mol. The van der Waals surface area contributed by atoms with E-state index in [0.29, 0.717) is 6.10 Å². The number of benzene rings is 1. The highest BCUT2D eigenvalue weighted by Crippen LogP contribution is 2.10. The fraction of sp³-hybridized carbons (Fsp3) is 0.625. The fourth-order valence-electron chi connectivity index (χ4n) is 1.88. The van der Waals surface area contributed by atoms with Crippen LogP contribution in [-0.2, 0) is 11.3 Å². The molecule has 0 saturated carbocycles. The van der Waals surface area contributed by atoms with Crippen molar-refractivity contribution in [1.29, 1.82) is 0 Å². The Hall–Kier alpha value is -0.860. The first-order valence-electron chi connectivity index (χ1n) is 6.98. The Balaban J connectivity index is 2.12. The Kier molecular flexibility index (Phi) is 6.99. The van der Waals surface area contributed by atoms with Crippen LogP contribution in [-0.4, -0.2) is 19.3 Å². The molecule has 102 valence electrons. The van der Waals surface area contributed by atoms with Crippen molar-refractivity contribution in [3.05, 3.63) is 34.9 Å². The normalized spacial score (nSPS) is 11.2. The third-order valence-corrected chi connectivity index (χ3v) is 3.02. The van der Waals surface area contributed by atoms with Gasteiger partial charge in [-0.25, -0.2) is 0 Å². The maximum absolute atomic E-state index is 5.51. The molecule has 1 aromatic rings. The number of rotatable bonds is 8. The molecule has 2 nitrogen and oxygen atoms in total. The molecule has 2 heteroatoms. The van der Waals surface area contributed by atoms with Crippen LogP contribution in [0.15, 0.2) is 18.2 Å². The average molecular weight is 249 g/mol. The Labute approximate surface area is 112 Å². The Morgan fingerprint density at radius 2 is 1.94 bits per heavy atom. The van der Waals surface area contributed by atoms with Gasteiger partial charge in [0.2, 0.25) is 0 Å². The summed E-state index contributed by atoms with van der Waals surface area (Å²) in [6.45, 7) is 11.4. The first-order valence-corrected chi connectivity index (χ1v) is 6.98. The van der Waals surface area contributed by atoms with Gasteiger partial charge in [-0.2, -0.15) is 0 Å². The molecule has 1 aromatic carbocycles. The summed E-state index contributed by atoms with van der Waals surface area (Å²) in [6, 6.07) is 6.63. The van der Waals surface area contributed by atoms with Crippen molar-refractivity contribution in [2.45, 2.75) is 53.2 Å². The second kappa shape index (κ2) is 8.28. The zero-order chi connectivity index (χ0) is 13.4. The molecule has 0 bridgehead atoms. The molecular formula is C16H27NO. The number of aryl methyl sites for hydroxylation is 2. The largest absolute Gasteiger partial charge is 0.379 e. The van der Waals surface area contributed by atoms with Gasteiger partial charge in [0, 0.05) is 13.2 Å². The van der Waals surface area contributed by atoms with Crippen molar-refractivity contribution in [3.8, 4) is 0 Å². The van der Waals surface area contributed by atoms with Crippen LogP contribution in [0.2, 0.25) is 0 Å². The fourth-order valence-corrected chi connectivity index (χ4v) is 1.88. The van der Waals surface area contributed by atoms with Crippen LogP contribution in [0.3, 0.4) is 0 Å². The standard InChI is InChI=1S/C16H27NO/c1-13(2)18-10-6-5-9-17-12-16-11-14(3)7-8-15(16)4/h7-8,11,13,17H,5-6,9-10,12H2,1-4H3. The molecule has 0 aliphatic carbocycles. The Bertz CT molecular complexity index is 347. The monoisotopic (exact) mass is 249 g/mol. The Morgan fingerprint density at radius 1 is 1.17 bits per heavy atom. The van der Waals surface area contributed by atoms with Gasteiger partial charge in [0.15, 0.2) is 0 Å². The van der Waals surface area contributed by atoms with E-state index in [1.807, 2.05) is 0 Å². The van der Waals surface area contributed by atoms with Gasteiger partial charge >= 0.3 is 0 Å². The first-order chi connectivity index (χ1) is 8.59. The lowest BCUT2D eigenvalue weighted by atomic mass is 10.1. The second-order valence-electron chi connectivity index (χ2n) is 5.23. The molecule has 0 aromatic heterocycles. The molecule has 0 spiro atoms. The molecule has 0 amide bonds. The quantitative estimate of drug-likeness (QED) is 0.711. The predicted molar refractivity (Wildman–Crippen MR) is 77.9 cm³/mol. The number of nitrogens with one attached hydrogen (secondary N) is 1. The highest BCUT2D eigenvalue weighted by molar-refractivity contribution is 5.30.